The summed E-state index contributed by atoms with van der Waals surface area (Å²) in [6.07, 6.45) is 0. The van der Waals surface area contributed by atoms with Crippen LogP contribution in [0.15, 0.2) is 53.4 Å². The molecule has 2 rings (SSSR count). The Morgan fingerprint density at radius 1 is 1.09 bits per heavy atom. The number of ether oxygens (including phenoxy) is 1. The van der Waals surface area contributed by atoms with Crippen molar-refractivity contribution in [2.45, 2.75) is 30.0 Å². The van der Waals surface area contributed by atoms with E-state index in [1.165, 1.54) is 11.8 Å². The molecule has 0 spiro atoms. The third-order valence-electron chi connectivity index (χ3n) is 3.47. The van der Waals surface area contributed by atoms with Crippen LogP contribution in [0.1, 0.15) is 25.5 Å². The van der Waals surface area contributed by atoms with Gasteiger partial charge in [0.05, 0.1) is 18.4 Å². The van der Waals surface area contributed by atoms with Gasteiger partial charge < -0.3 is 10.1 Å². The Hall–Kier alpha value is -1.65. The smallest absolute Gasteiger partial charge is 0.233 e. The van der Waals surface area contributed by atoms with E-state index in [0.717, 1.165) is 16.2 Å². The SMILES string of the molecule is COc1ccc(SC(C)C(=O)NC(C)c2ccc(Cl)cc2)cc1. The Morgan fingerprint density at radius 3 is 2.26 bits per heavy atom. The fourth-order valence-corrected chi connectivity index (χ4v) is 3.08. The van der Waals surface area contributed by atoms with Gasteiger partial charge in [-0.15, -0.1) is 11.8 Å². The lowest BCUT2D eigenvalue weighted by Gasteiger charge is -2.18. The molecular weight excluding hydrogens is 330 g/mol. The van der Waals surface area contributed by atoms with Gasteiger partial charge >= 0.3 is 0 Å². The van der Waals surface area contributed by atoms with Gasteiger partial charge in [0.15, 0.2) is 0 Å². The van der Waals surface area contributed by atoms with Gasteiger partial charge in [-0.25, -0.2) is 0 Å². The zero-order valence-corrected chi connectivity index (χ0v) is 14.9. The first kappa shape index (κ1) is 17.7. The second-order valence-corrected chi connectivity index (χ2v) is 7.07. The standard InChI is InChI=1S/C18H20ClNO2S/c1-12(14-4-6-15(19)7-5-14)20-18(21)13(2)23-17-10-8-16(22-3)9-11-17/h4-13H,1-3H3,(H,20,21). The number of hydrogen-bond donors (Lipinski definition) is 1. The fraction of sp³-hybridized carbons (Fsp3) is 0.278. The van der Waals surface area contributed by atoms with Crippen LogP contribution in [0.25, 0.3) is 0 Å². The summed E-state index contributed by atoms with van der Waals surface area (Å²) in [6.45, 7) is 3.87. The van der Waals surface area contributed by atoms with E-state index >= 15 is 0 Å². The number of carbonyl (C=O) groups is 1. The molecule has 3 nitrogen and oxygen atoms in total. The number of halogens is 1. The molecular formula is C18H20ClNO2S. The first-order valence-electron chi connectivity index (χ1n) is 7.36. The molecule has 2 aromatic rings. The van der Waals surface area contributed by atoms with Crippen LogP contribution >= 0.6 is 23.4 Å². The number of methoxy groups -OCH3 is 1. The van der Waals surface area contributed by atoms with Crippen molar-refractivity contribution in [2.24, 2.45) is 0 Å². The minimum absolute atomic E-state index is 0.00766. The third-order valence-corrected chi connectivity index (χ3v) is 4.83. The maximum Gasteiger partial charge on any atom is 0.233 e. The van der Waals surface area contributed by atoms with E-state index in [0.29, 0.717) is 5.02 Å². The van der Waals surface area contributed by atoms with E-state index in [9.17, 15) is 4.79 Å². The van der Waals surface area contributed by atoms with E-state index in [2.05, 4.69) is 5.32 Å². The summed E-state index contributed by atoms with van der Waals surface area (Å²) in [4.78, 5) is 13.4. The molecule has 2 unspecified atom stereocenters. The highest BCUT2D eigenvalue weighted by Crippen LogP contribution is 2.26. The van der Waals surface area contributed by atoms with Crippen LogP contribution in [0.2, 0.25) is 5.02 Å². The van der Waals surface area contributed by atoms with Crippen molar-refractivity contribution in [1.29, 1.82) is 0 Å². The van der Waals surface area contributed by atoms with Gasteiger partial charge in [-0.1, -0.05) is 23.7 Å². The average molecular weight is 350 g/mol. The Kier molecular flexibility index (Phi) is 6.37. The molecule has 0 aliphatic carbocycles. The molecule has 0 saturated heterocycles. The molecule has 2 atom stereocenters. The summed E-state index contributed by atoms with van der Waals surface area (Å²) in [5.74, 6) is 0.816. The highest BCUT2D eigenvalue weighted by atomic mass is 35.5. The van der Waals surface area contributed by atoms with Crippen LogP contribution in [0.4, 0.5) is 0 Å². The molecule has 1 N–H and O–H groups in total. The van der Waals surface area contributed by atoms with Crippen molar-refractivity contribution in [1.82, 2.24) is 5.32 Å². The number of benzene rings is 2. The Labute approximate surface area is 146 Å². The molecule has 0 heterocycles. The second-order valence-electron chi connectivity index (χ2n) is 5.22. The first-order valence-corrected chi connectivity index (χ1v) is 8.62. The number of amides is 1. The highest BCUT2D eigenvalue weighted by Gasteiger charge is 2.17. The van der Waals surface area contributed by atoms with Crippen molar-refractivity contribution in [3.8, 4) is 5.75 Å². The number of nitrogens with one attached hydrogen (secondary N) is 1. The number of rotatable bonds is 6. The van der Waals surface area contributed by atoms with Crippen molar-refractivity contribution in [3.63, 3.8) is 0 Å². The number of hydrogen-bond acceptors (Lipinski definition) is 3. The highest BCUT2D eigenvalue weighted by molar-refractivity contribution is 8.00. The molecule has 0 aliphatic rings. The molecule has 2 aromatic carbocycles. The lowest BCUT2D eigenvalue weighted by atomic mass is 10.1. The molecule has 5 heteroatoms. The van der Waals surface area contributed by atoms with E-state index in [1.807, 2.05) is 62.4 Å². The van der Waals surface area contributed by atoms with Crippen molar-refractivity contribution < 1.29 is 9.53 Å². The van der Waals surface area contributed by atoms with Gasteiger partial charge in [-0.05, 0) is 55.8 Å². The maximum atomic E-state index is 12.3. The first-order chi connectivity index (χ1) is 11.0. The summed E-state index contributed by atoms with van der Waals surface area (Å²) in [6, 6.07) is 15.1. The van der Waals surface area contributed by atoms with Crippen molar-refractivity contribution in [2.75, 3.05) is 7.11 Å². The zero-order chi connectivity index (χ0) is 16.8. The predicted molar refractivity (Wildman–Crippen MR) is 96.3 cm³/mol. The lowest BCUT2D eigenvalue weighted by Crippen LogP contribution is -2.33. The van der Waals surface area contributed by atoms with Gasteiger partial charge in [0.25, 0.3) is 0 Å². The van der Waals surface area contributed by atoms with E-state index < -0.39 is 0 Å². The molecule has 0 bridgehead atoms. The summed E-state index contributed by atoms with van der Waals surface area (Å²) in [7, 11) is 1.64. The van der Waals surface area contributed by atoms with Crippen LogP contribution in [0.3, 0.4) is 0 Å². The summed E-state index contributed by atoms with van der Waals surface area (Å²) < 4.78 is 5.13. The Bertz CT molecular complexity index is 643. The molecule has 0 saturated carbocycles. The topological polar surface area (TPSA) is 38.3 Å². The van der Waals surface area contributed by atoms with E-state index in [1.54, 1.807) is 7.11 Å². The van der Waals surface area contributed by atoms with Crippen LogP contribution in [-0.4, -0.2) is 18.3 Å². The van der Waals surface area contributed by atoms with Gasteiger partial charge in [0.1, 0.15) is 5.75 Å². The minimum Gasteiger partial charge on any atom is -0.497 e. The summed E-state index contributed by atoms with van der Waals surface area (Å²) in [5, 5.41) is 3.54. The van der Waals surface area contributed by atoms with Gasteiger partial charge in [-0.3, -0.25) is 4.79 Å². The zero-order valence-electron chi connectivity index (χ0n) is 13.4. The summed E-state index contributed by atoms with van der Waals surface area (Å²) >= 11 is 7.41. The van der Waals surface area contributed by atoms with Crippen LogP contribution in [0, 0.1) is 0 Å². The normalized spacial score (nSPS) is 13.2. The van der Waals surface area contributed by atoms with Crippen LogP contribution in [-0.2, 0) is 4.79 Å². The predicted octanol–water partition coefficient (Wildman–Crippen LogP) is 4.71. The molecule has 23 heavy (non-hydrogen) atoms. The molecule has 0 radical (unpaired) electrons. The lowest BCUT2D eigenvalue weighted by molar-refractivity contribution is -0.120. The quantitative estimate of drug-likeness (QED) is 0.768. The molecule has 0 aromatic heterocycles. The van der Waals surface area contributed by atoms with Crippen molar-refractivity contribution >= 4 is 29.3 Å². The maximum absolute atomic E-state index is 12.3. The molecule has 122 valence electrons. The summed E-state index contributed by atoms with van der Waals surface area (Å²) in [5.41, 5.74) is 1.03. The Balaban J connectivity index is 1.92. The van der Waals surface area contributed by atoms with Gasteiger partial charge in [-0.2, -0.15) is 0 Å². The van der Waals surface area contributed by atoms with Gasteiger partial charge in [0, 0.05) is 9.92 Å². The third kappa shape index (κ3) is 5.19. The van der Waals surface area contributed by atoms with Crippen molar-refractivity contribution in [3.05, 3.63) is 59.1 Å². The molecule has 0 aliphatic heterocycles. The molecule has 0 fully saturated rings. The molecule has 1 amide bonds. The second kappa shape index (κ2) is 8.27. The van der Waals surface area contributed by atoms with E-state index in [4.69, 9.17) is 16.3 Å². The fourth-order valence-electron chi connectivity index (χ4n) is 2.08. The number of carbonyl (C=O) groups excluding carboxylic acids is 1. The average Bonchev–Trinajstić information content (AvgIpc) is 2.56. The largest absolute Gasteiger partial charge is 0.497 e. The minimum atomic E-state index is -0.182. The van der Waals surface area contributed by atoms with Crippen LogP contribution in [0.5, 0.6) is 5.75 Å². The Morgan fingerprint density at radius 2 is 1.70 bits per heavy atom. The monoisotopic (exact) mass is 349 g/mol. The van der Waals surface area contributed by atoms with E-state index in [-0.39, 0.29) is 17.2 Å². The van der Waals surface area contributed by atoms with Gasteiger partial charge in [0.2, 0.25) is 5.91 Å². The number of thioether (sulfide) groups is 1. The van der Waals surface area contributed by atoms with Crippen LogP contribution < -0.4 is 10.1 Å².